The fraction of sp³-hybridized carbons (Fsp3) is 0.533. The molecule has 0 aliphatic carbocycles. The fourth-order valence-electron chi connectivity index (χ4n) is 2.33. The van der Waals surface area contributed by atoms with E-state index in [2.05, 4.69) is 15.6 Å². The van der Waals surface area contributed by atoms with Crippen molar-refractivity contribution in [3.05, 3.63) is 23.7 Å². The van der Waals surface area contributed by atoms with E-state index in [1.165, 1.54) is 6.07 Å². The lowest BCUT2D eigenvalue weighted by Crippen LogP contribution is -2.38. The number of carbonyl (C=O) groups excluding carboxylic acids is 2. The minimum absolute atomic E-state index is 0. The van der Waals surface area contributed by atoms with Gasteiger partial charge < -0.3 is 25.7 Å². The van der Waals surface area contributed by atoms with Crippen molar-refractivity contribution in [3.8, 4) is 0 Å². The maximum absolute atomic E-state index is 12.0. The Morgan fingerprint density at radius 2 is 2.00 bits per heavy atom. The first-order valence-corrected chi connectivity index (χ1v) is 7.78. The molecule has 0 saturated carbocycles. The summed E-state index contributed by atoms with van der Waals surface area (Å²) >= 11 is 0. The second-order valence-electron chi connectivity index (χ2n) is 5.27. The largest absolute Gasteiger partial charge is 0.454 e. The Balaban J connectivity index is 0.00000288. The number of amides is 2. The van der Waals surface area contributed by atoms with Crippen LogP contribution < -0.4 is 16.4 Å². The lowest BCUT2D eigenvalue weighted by atomic mass is 10.4. The summed E-state index contributed by atoms with van der Waals surface area (Å²) in [6.07, 6.45) is 2.13. The summed E-state index contributed by atoms with van der Waals surface area (Å²) in [4.78, 5) is 29.1. The molecule has 1 aromatic heterocycles. The zero-order valence-corrected chi connectivity index (χ0v) is 16.0. The van der Waals surface area contributed by atoms with Crippen LogP contribution in [0.1, 0.15) is 36.1 Å². The van der Waals surface area contributed by atoms with Gasteiger partial charge in [0.2, 0.25) is 5.91 Å². The average molecular weight is 449 g/mol. The van der Waals surface area contributed by atoms with Gasteiger partial charge in [0.1, 0.15) is 12.3 Å². The quantitative estimate of drug-likeness (QED) is 0.336. The number of nitrogens with two attached hydrogens (primary N) is 1. The number of rotatable bonds is 6. The van der Waals surface area contributed by atoms with Gasteiger partial charge in [-0.3, -0.25) is 9.59 Å². The Bertz CT molecular complexity index is 581. The first-order valence-electron chi connectivity index (χ1n) is 7.78. The average Bonchev–Trinajstić information content (AvgIpc) is 3.20. The SMILES string of the molecule is CCNC(=NCC(=O)N1CCCC1)NCc1ccc(C(N)=O)o1.I. The van der Waals surface area contributed by atoms with E-state index in [-0.39, 0.29) is 42.2 Å². The lowest BCUT2D eigenvalue weighted by molar-refractivity contribution is -0.128. The molecule has 9 heteroatoms. The predicted octanol–water partition coefficient (Wildman–Crippen LogP) is 0.674. The van der Waals surface area contributed by atoms with Crippen molar-refractivity contribution in [2.24, 2.45) is 10.7 Å². The molecule has 0 unspecified atom stereocenters. The van der Waals surface area contributed by atoms with E-state index >= 15 is 0 Å². The van der Waals surface area contributed by atoms with Crippen molar-refractivity contribution in [1.82, 2.24) is 15.5 Å². The van der Waals surface area contributed by atoms with Gasteiger partial charge in [0.15, 0.2) is 11.7 Å². The number of guanidine groups is 1. The number of furan rings is 1. The molecular weight excluding hydrogens is 425 g/mol. The van der Waals surface area contributed by atoms with Crippen molar-refractivity contribution in [2.75, 3.05) is 26.2 Å². The van der Waals surface area contributed by atoms with Crippen LogP contribution in [0, 0.1) is 0 Å². The minimum Gasteiger partial charge on any atom is -0.454 e. The maximum atomic E-state index is 12.0. The maximum Gasteiger partial charge on any atom is 0.284 e. The third kappa shape index (κ3) is 6.02. The number of hydrogen-bond donors (Lipinski definition) is 3. The number of halogens is 1. The second kappa shape index (κ2) is 10.2. The van der Waals surface area contributed by atoms with Crippen molar-refractivity contribution in [2.45, 2.75) is 26.3 Å². The van der Waals surface area contributed by atoms with E-state index in [0.717, 1.165) is 25.9 Å². The molecule has 2 heterocycles. The normalized spacial score (nSPS) is 14.2. The Kier molecular flexibility index (Phi) is 8.58. The number of carbonyl (C=O) groups is 2. The summed E-state index contributed by atoms with van der Waals surface area (Å²) < 4.78 is 5.29. The van der Waals surface area contributed by atoms with Crippen LogP contribution in [0.15, 0.2) is 21.5 Å². The molecule has 0 radical (unpaired) electrons. The van der Waals surface area contributed by atoms with Crippen molar-refractivity contribution < 1.29 is 14.0 Å². The fourth-order valence-corrected chi connectivity index (χ4v) is 2.33. The van der Waals surface area contributed by atoms with Crippen LogP contribution in [0.25, 0.3) is 0 Å². The van der Waals surface area contributed by atoms with Crippen LogP contribution in [-0.2, 0) is 11.3 Å². The summed E-state index contributed by atoms with van der Waals surface area (Å²) in [5.41, 5.74) is 5.14. The van der Waals surface area contributed by atoms with E-state index in [4.69, 9.17) is 10.2 Å². The molecule has 2 rings (SSSR count). The molecule has 1 saturated heterocycles. The number of primary amides is 1. The van der Waals surface area contributed by atoms with Gasteiger partial charge in [-0.05, 0) is 31.9 Å². The van der Waals surface area contributed by atoms with Gasteiger partial charge in [-0.25, -0.2) is 4.99 Å². The highest BCUT2D eigenvalue weighted by Gasteiger charge is 2.17. The van der Waals surface area contributed by atoms with E-state index in [1.807, 2.05) is 11.8 Å². The van der Waals surface area contributed by atoms with Crippen molar-refractivity contribution in [1.29, 1.82) is 0 Å². The Hall–Kier alpha value is -1.78. The zero-order valence-electron chi connectivity index (χ0n) is 13.7. The van der Waals surface area contributed by atoms with Crippen LogP contribution >= 0.6 is 24.0 Å². The minimum atomic E-state index is -0.604. The summed E-state index contributed by atoms with van der Waals surface area (Å²) in [6, 6.07) is 3.20. The molecule has 0 spiro atoms. The molecule has 0 bridgehead atoms. The molecular formula is C15H24IN5O3. The van der Waals surface area contributed by atoms with Gasteiger partial charge in [0.05, 0.1) is 6.54 Å². The standard InChI is InChI=1S/C15H23N5O3.HI/c1-2-17-15(19-10-13(21)20-7-3-4-8-20)18-9-11-5-6-12(23-11)14(16)22;/h5-6H,2-4,7-10H2,1H3,(H2,16,22)(H2,17,18,19);1H. The number of nitrogens with zero attached hydrogens (tertiary/aromatic N) is 2. The highest BCUT2D eigenvalue weighted by atomic mass is 127. The first-order chi connectivity index (χ1) is 11.1. The van der Waals surface area contributed by atoms with E-state index < -0.39 is 5.91 Å². The Morgan fingerprint density at radius 1 is 1.29 bits per heavy atom. The molecule has 4 N–H and O–H groups in total. The van der Waals surface area contributed by atoms with Gasteiger partial charge in [-0.1, -0.05) is 0 Å². The molecule has 1 aliphatic rings. The molecule has 1 aromatic rings. The summed E-state index contributed by atoms with van der Waals surface area (Å²) in [6.45, 7) is 4.71. The predicted molar refractivity (Wildman–Crippen MR) is 101 cm³/mol. The van der Waals surface area contributed by atoms with Crippen molar-refractivity contribution >= 4 is 41.8 Å². The smallest absolute Gasteiger partial charge is 0.284 e. The number of aliphatic imine (C=N–C) groups is 1. The van der Waals surface area contributed by atoms with Crippen LogP contribution in [0.5, 0.6) is 0 Å². The topological polar surface area (TPSA) is 113 Å². The molecule has 0 atom stereocenters. The third-order valence-corrected chi connectivity index (χ3v) is 3.51. The van der Waals surface area contributed by atoms with E-state index in [9.17, 15) is 9.59 Å². The van der Waals surface area contributed by atoms with Gasteiger partial charge >= 0.3 is 0 Å². The lowest BCUT2D eigenvalue weighted by Gasteiger charge is -2.14. The monoisotopic (exact) mass is 449 g/mol. The number of likely N-dealkylation sites (tertiary alicyclic amines) is 1. The molecule has 2 amide bonds. The van der Waals surface area contributed by atoms with Crippen molar-refractivity contribution in [3.63, 3.8) is 0 Å². The number of nitrogens with one attached hydrogen (secondary N) is 2. The molecule has 134 valence electrons. The molecule has 1 fully saturated rings. The number of hydrogen-bond acceptors (Lipinski definition) is 4. The van der Waals surface area contributed by atoms with Crippen LogP contribution in [0.2, 0.25) is 0 Å². The van der Waals surface area contributed by atoms with Crippen LogP contribution in [0.3, 0.4) is 0 Å². The summed E-state index contributed by atoms with van der Waals surface area (Å²) in [7, 11) is 0. The summed E-state index contributed by atoms with van der Waals surface area (Å²) in [5.74, 6) is 0.641. The first kappa shape index (κ1) is 20.3. The Morgan fingerprint density at radius 3 is 2.58 bits per heavy atom. The van der Waals surface area contributed by atoms with Gasteiger partial charge in [0.25, 0.3) is 5.91 Å². The third-order valence-electron chi connectivity index (χ3n) is 3.51. The van der Waals surface area contributed by atoms with Crippen LogP contribution in [0.4, 0.5) is 0 Å². The van der Waals surface area contributed by atoms with E-state index in [0.29, 0.717) is 24.8 Å². The highest BCUT2D eigenvalue weighted by Crippen LogP contribution is 2.08. The molecule has 24 heavy (non-hydrogen) atoms. The summed E-state index contributed by atoms with van der Waals surface area (Å²) in [5, 5.41) is 6.12. The van der Waals surface area contributed by atoms with Gasteiger partial charge in [-0.15, -0.1) is 24.0 Å². The second-order valence-corrected chi connectivity index (χ2v) is 5.27. The molecule has 0 aromatic carbocycles. The Labute approximate surface area is 158 Å². The molecule has 1 aliphatic heterocycles. The van der Waals surface area contributed by atoms with Crippen LogP contribution in [-0.4, -0.2) is 48.9 Å². The zero-order chi connectivity index (χ0) is 16.7. The van der Waals surface area contributed by atoms with Gasteiger partial charge in [-0.2, -0.15) is 0 Å². The van der Waals surface area contributed by atoms with E-state index in [1.54, 1.807) is 6.07 Å². The molecule has 8 nitrogen and oxygen atoms in total. The van der Waals surface area contributed by atoms with Gasteiger partial charge in [0, 0.05) is 19.6 Å². The highest BCUT2D eigenvalue weighted by molar-refractivity contribution is 14.0.